The van der Waals surface area contributed by atoms with Gasteiger partial charge < -0.3 is 19.1 Å². The van der Waals surface area contributed by atoms with Crippen LogP contribution in [-0.2, 0) is 6.54 Å². The molecule has 1 heterocycles. The number of rotatable bonds is 6. The molecule has 0 N–H and O–H groups in total. The van der Waals surface area contributed by atoms with Gasteiger partial charge in [0.2, 0.25) is 0 Å². The Balaban J connectivity index is 1.61. The van der Waals surface area contributed by atoms with Crippen molar-refractivity contribution in [3.8, 4) is 17.2 Å². The zero-order valence-electron chi connectivity index (χ0n) is 16.1. The zero-order valence-corrected chi connectivity index (χ0v) is 16.1. The van der Waals surface area contributed by atoms with E-state index in [9.17, 15) is 4.79 Å². The monoisotopic (exact) mass is 370 g/mol. The molecule has 1 amide bonds. The number of nitrogens with zero attached hydrogens (tertiary/aromatic N) is 2. The molecule has 0 spiro atoms. The molecular weight excluding hydrogens is 344 g/mol. The maximum absolute atomic E-state index is 12.7. The van der Waals surface area contributed by atoms with Crippen molar-refractivity contribution >= 4 is 5.91 Å². The summed E-state index contributed by atoms with van der Waals surface area (Å²) in [4.78, 5) is 17.0. The van der Waals surface area contributed by atoms with Crippen molar-refractivity contribution in [2.75, 3.05) is 47.5 Å². The minimum absolute atomic E-state index is 0.0486. The van der Waals surface area contributed by atoms with Gasteiger partial charge in [-0.1, -0.05) is 6.07 Å². The van der Waals surface area contributed by atoms with Crippen LogP contribution >= 0.6 is 0 Å². The lowest BCUT2D eigenvalue weighted by atomic mass is 10.1. The number of ether oxygens (including phenoxy) is 3. The van der Waals surface area contributed by atoms with Crippen molar-refractivity contribution in [3.63, 3.8) is 0 Å². The molecule has 2 aromatic carbocycles. The van der Waals surface area contributed by atoms with Gasteiger partial charge in [-0.25, -0.2) is 0 Å². The van der Waals surface area contributed by atoms with Gasteiger partial charge in [0.15, 0.2) is 0 Å². The first kappa shape index (κ1) is 19.0. The Labute approximate surface area is 160 Å². The predicted octanol–water partition coefficient (Wildman–Crippen LogP) is 2.67. The Morgan fingerprint density at radius 1 is 0.889 bits per heavy atom. The topological polar surface area (TPSA) is 51.2 Å². The quantitative estimate of drug-likeness (QED) is 0.783. The molecule has 27 heavy (non-hydrogen) atoms. The summed E-state index contributed by atoms with van der Waals surface area (Å²) in [6.45, 7) is 3.79. The normalized spacial score (nSPS) is 14.7. The molecule has 0 aliphatic carbocycles. The van der Waals surface area contributed by atoms with E-state index >= 15 is 0 Å². The van der Waals surface area contributed by atoms with Crippen molar-refractivity contribution in [1.82, 2.24) is 9.80 Å². The van der Waals surface area contributed by atoms with Gasteiger partial charge in [0, 0.05) is 43.9 Å². The minimum atomic E-state index is 0.0486. The van der Waals surface area contributed by atoms with Crippen molar-refractivity contribution in [2.24, 2.45) is 0 Å². The van der Waals surface area contributed by atoms with Gasteiger partial charge in [-0.15, -0.1) is 0 Å². The van der Waals surface area contributed by atoms with Crippen molar-refractivity contribution in [1.29, 1.82) is 0 Å². The molecule has 0 radical (unpaired) electrons. The summed E-state index contributed by atoms with van der Waals surface area (Å²) in [7, 11) is 4.94. The summed E-state index contributed by atoms with van der Waals surface area (Å²) < 4.78 is 16.0. The fraction of sp³-hybridized carbons (Fsp3) is 0.381. The van der Waals surface area contributed by atoms with E-state index in [1.807, 2.05) is 41.3 Å². The van der Waals surface area contributed by atoms with E-state index in [0.29, 0.717) is 24.4 Å². The first-order valence-electron chi connectivity index (χ1n) is 9.01. The average Bonchev–Trinajstić information content (AvgIpc) is 2.73. The number of hydrogen-bond acceptors (Lipinski definition) is 5. The van der Waals surface area contributed by atoms with Crippen LogP contribution in [0.5, 0.6) is 17.2 Å². The molecule has 1 saturated heterocycles. The number of carbonyl (C=O) groups is 1. The van der Waals surface area contributed by atoms with Crippen LogP contribution in [0.1, 0.15) is 15.9 Å². The Bertz CT molecular complexity index is 786. The third-order valence-electron chi connectivity index (χ3n) is 4.86. The SMILES string of the molecule is COc1cccc(C(=O)N2CCN(Cc3cc(OC)ccc3OC)CC2)c1. The van der Waals surface area contributed by atoms with Crippen LogP contribution in [0.15, 0.2) is 42.5 Å². The predicted molar refractivity (Wildman–Crippen MR) is 104 cm³/mol. The van der Waals surface area contributed by atoms with Gasteiger partial charge in [-0.2, -0.15) is 0 Å². The van der Waals surface area contributed by atoms with Crippen LogP contribution in [0.4, 0.5) is 0 Å². The molecule has 144 valence electrons. The summed E-state index contributed by atoms with van der Waals surface area (Å²) in [5, 5.41) is 0. The lowest BCUT2D eigenvalue weighted by Crippen LogP contribution is -2.48. The number of benzene rings is 2. The highest BCUT2D eigenvalue weighted by atomic mass is 16.5. The molecule has 0 bridgehead atoms. The highest BCUT2D eigenvalue weighted by molar-refractivity contribution is 5.94. The molecule has 0 saturated carbocycles. The third kappa shape index (κ3) is 4.52. The fourth-order valence-corrected chi connectivity index (χ4v) is 3.29. The maximum Gasteiger partial charge on any atom is 0.254 e. The molecule has 2 aromatic rings. The summed E-state index contributed by atoms with van der Waals surface area (Å²) in [6, 6.07) is 13.1. The second kappa shape index (κ2) is 8.77. The second-order valence-electron chi connectivity index (χ2n) is 6.48. The van der Waals surface area contributed by atoms with Gasteiger partial charge >= 0.3 is 0 Å². The smallest absolute Gasteiger partial charge is 0.254 e. The van der Waals surface area contributed by atoms with Gasteiger partial charge in [0.1, 0.15) is 17.2 Å². The molecule has 1 aliphatic heterocycles. The first-order valence-corrected chi connectivity index (χ1v) is 9.01. The Morgan fingerprint density at radius 3 is 2.26 bits per heavy atom. The standard InChI is InChI=1S/C21H26N2O4/c1-25-18-6-4-5-16(13-18)21(24)23-11-9-22(10-12-23)15-17-14-19(26-2)7-8-20(17)27-3/h4-8,13-14H,9-12,15H2,1-3H3. The van der Waals surface area contributed by atoms with Gasteiger partial charge in [0.05, 0.1) is 21.3 Å². The molecule has 6 nitrogen and oxygen atoms in total. The minimum Gasteiger partial charge on any atom is -0.497 e. The number of amides is 1. The first-order chi connectivity index (χ1) is 13.1. The number of carbonyl (C=O) groups excluding carboxylic acids is 1. The molecule has 1 aliphatic rings. The van der Waals surface area contributed by atoms with Crippen molar-refractivity contribution in [3.05, 3.63) is 53.6 Å². The summed E-state index contributed by atoms with van der Waals surface area (Å²) in [5.74, 6) is 2.42. The molecule has 3 rings (SSSR count). The average molecular weight is 370 g/mol. The van der Waals surface area contributed by atoms with Crippen LogP contribution in [0.25, 0.3) is 0 Å². The molecule has 1 fully saturated rings. The van der Waals surface area contributed by atoms with Gasteiger partial charge in [-0.05, 0) is 36.4 Å². The van der Waals surface area contributed by atoms with E-state index in [-0.39, 0.29) is 5.91 Å². The van der Waals surface area contributed by atoms with Crippen LogP contribution in [0.3, 0.4) is 0 Å². The molecular formula is C21H26N2O4. The van der Waals surface area contributed by atoms with E-state index in [2.05, 4.69) is 4.90 Å². The Hall–Kier alpha value is -2.73. The molecule has 0 unspecified atom stereocenters. The van der Waals surface area contributed by atoms with E-state index in [4.69, 9.17) is 14.2 Å². The summed E-state index contributed by atoms with van der Waals surface area (Å²) >= 11 is 0. The zero-order chi connectivity index (χ0) is 19.2. The van der Waals surface area contributed by atoms with E-state index in [1.54, 1.807) is 27.4 Å². The van der Waals surface area contributed by atoms with Gasteiger partial charge in [-0.3, -0.25) is 9.69 Å². The third-order valence-corrected chi connectivity index (χ3v) is 4.86. The Kier molecular flexibility index (Phi) is 6.19. The molecule has 0 aromatic heterocycles. The number of hydrogen-bond donors (Lipinski definition) is 0. The number of methoxy groups -OCH3 is 3. The molecule has 0 atom stereocenters. The van der Waals surface area contributed by atoms with Crippen molar-refractivity contribution < 1.29 is 19.0 Å². The lowest BCUT2D eigenvalue weighted by Gasteiger charge is -2.35. The maximum atomic E-state index is 12.7. The fourth-order valence-electron chi connectivity index (χ4n) is 3.29. The van der Waals surface area contributed by atoms with Crippen LogP contribution in [-0.4, -0.2) is 63.2 Å². The number of piperazine rings is 1. The van der Waals surface area contributed by atoms with Crippen LogP contribution in [0.2, 0.25) is 0 Å². The van der Waals surface area contributed by atoms with Crippen molar-refractivity contribution in [2.45, 2.75) is 6.54 Å². The summed E-state index contributed by atoms with van der Waals surface area (Å²) in [6.07, 6.45) is 0. The van der Waals surface area contributed by atoms with E-state index < -0.39 is 0 Å². The van der Waals surface area contributed by atoms with Gasteiger partial charge in [0.25, 0.3) is 5.91 Å². The highest BCUT2D eigenvalue weighted by Crippen LogP contribution is 2.26. The van der Waals surface area contributed by atoms with E-state index in [0.717, 1.165) is 36.7 Å². The summed E-state index contributed by atoms with van der Waals surface area (Å²) in [5.41, 5.74) is 1.75. The largest absolute Gasteiger partial charge is 0.497 e. The van der Waals surface area contributed by atoms with Crippen LogP contribution < -0.4 is 14.2 Å². The highest BCUT2D eigenvalue weighted by Gasteiger charge is 2.23. The van der Waals surface area contributed by atoms with E-state index in [1.165, 1.54) is 0 Å². The lowest BCUT2D eigenvalue weighted by molar-refractivity contribution is 0.0627. The van der Waals surface area contributed by atoms with Crippen LogP contribution in [0, 0.1) is 0 Å². The molecule has 6 heteroatoms. The Morgan fingerprint density at radius 2 is 1.59 bits per heavy atom. The second-order valence-corrected chi connectivity index (χ2v) is 6.48.